The summed E-state index contributed by atoms with van der Waals surface area (Å²) in [5.74, 6) is -0.747. The molecular formula is C12H26N2O2. The van der Waals surface area contributed by atoms with Crippen molar-refractivity contribution < 1.29 is 9.90 Å². The van der Waals surface area contributed by atoms with E-state index in [9.17, 15) is 4.79 Å². The quantitative estimate of drug-likeness (QED) is 0.588. The third kappa shape index (κ3) is 6.08. The first kappa shape index (κ1) is 15.4. The van der Waals surface area contributed by atoms with Gasteiger partial charge in [-0.05, 0) is 46.4 Å². The predicted octanol–water partition coefficient (Wildman–Crippen LogP) is 1.42. The van der Waals surface area contributed by atoms with Gasteiger partial charge < -0.3 is 15.3 Å². The fraction of sp³-hybridized carbons (Fsp3) is 0.917. The van der Waals surface area contributed by atoms with E-state index in [0.29, 0.717) is 6.54 Å². The zero-order valence-corrected chi connectivity index (χ0v) is 11.0. The second-order valence-corrected chi connectivity index (χ2v) is 4.75. The molecule has 0 heterocycles. The molecule has 0 aliphatic carbocycles. The summed E-state index contributed by atoms with van der Waals surface area (Å²) < 4.78 is 0. The van der Waals surface area contributed by atoms with E-state index in [0.717, 1.165) is 32.6 Å². The molecule has 2 N–H and O–H groups in total. The second-order valence-electron chi connectivity index (χ2n) is 4.75. The molecule has 4 heteroatoms. The number of nitrogens with zero attached hydrogens (tertiary/aromatic N) is 1. The molecule has 0 radical (unpaired) electrons. The van der Waals surface area contributed by atoms with Crippen molar-refractivity contribution in [1.29, 1.82) is 0 Å². The van der Waals surface area contributed by atoms with E-state index in [1.165, 1.54) is 0 Å². The molecule has 0 aromatic rings. The maximum absolute atomic E-state index is 10.8. The average Bonchev–Trinajstić information content (AvgIpc) is 2.23. The van der Waals surface area contributed by atoms with Crippen molar-refractivity contribution in [2.45, 2.75) is 34.1 Å². The van der Waals surface area contributed by atoms with Crippen molar-refractivity contribution in [3.8, 4) is 0 Å². The largest absolute Gasteiger partial charge is 0.481 e. The van der Waals surface area contributed by atoms with Gasteiger partial charge in [0.05, 0.1) is 5.41 Å². The summed E-state index contributed by atoms with van der Waals surface area (Å²) in [6, 6.07) is 0. The highest BCUT2D eigenvalue weighted by atomic mass is 16.4. The minimum Gasteiger partial charge on any atom is -0.481 e. The molecule has 4 nitrogen and oxygen atoms in total. The highest BCUT2D eigenvalue weighted by molar-refractivity contribution is 5.73. The molecule has 0 fully saturated rings. The number of hydrogen-bond acceptors (Lipinski definition) is 3. The van der Waals surface area contributed by atoms with E-state index in [4.69, 9.17) is 5.11 Å². The first-order chi connectivity index (χ1) is 7.44. The monoisotopic (exact) mass is 230 g/mol. The van der Waals surface area contributed by atoms with Gasteiger partial charge in [0, 0.05) is 6.54 Å². The molecule has 0 bridgehead atoms. The van der Waals surface area contributed by atoms with Crippen LogP contribution in [0, 0.1) is 5.41 Å². The van der Waals surface area contributed by atoms with Gasteiger partial charge >= 0.3 is 5.97 Å². The molecule has 0 amide bonds. The summed E-state index contributed by atoms with van der Waals surface area (Å²) >= 11 is 0. The minimum absolute atomic E-state index is 0.528. The van der Waals surface area contributed by atoms with Gasteiger partial charge in [-0.1, -0.05) is 13.8 Å². The maximum Gasteiger partial charge on any atom is 0.310 e. The molecule has 0 unspecified atom stereocenters. The molecule has 0 aromatic heterocycles. The molecule has 0 saturated heterocycles. The molecule has 0 aliphatic rings. The number of aliphatic carboxylic acids is 1. The Balaban J connectivity index is 3.57. The summed E-state index contributed by atoms with van der Waals surface area (Å²) in [6.07, 6.45) is 1.07. The highest BCUT2D eigenvalue weighted by Gasteiger charge is 2.26. The van der Waals surface area contributed by atoms with Crippen LogP contribution in [0.1, 0.15) is 34.1 Å². The second kappa shape index (κ2) is 7.63. The Labute approximate surface area is 99.0 Å². The molecule has 16 heavy (non-hydrogen) atoms. The van der Waals surface area contributed by atoms with E-state index in [2.05, 4.69) is 24.1 Å². The van der Waals surface area contributed by atoms with Crippen molar-refractivity contribution in [2.24, 2.45) is 5.41 Å². The van der Waals surface area contributed by atoms with E-state index in [1.54, 1.807) is 13.8 Å². The number of carbonyl (C=O) groups is 1. The lowest BCUT2D eigenvalue weighted by molar-refractivity contribution is -0.146. The van der Waals surface area contributed by atoms with Gasteiger partial charge in [0.25, 0.3) is 0 Å². The van der Waals surface area contributed by atoms with Crippen LogP contribution in [0.15, 0.2) is 0 Å². The van der Waals surface area contributed by atoms with Crippen LogP contribution < -0.4 is 5.32 Å². The topological polar surface area (TPSA) is 52.6 Å². The van der Waals surface area contributed by atoms with Crippen molar-refractivity contribution in [1.82, 2.24) is 10.2 Å². The summed E-state index contributed by atoms with van der Waals surface area (Å²) in [5, 5.41) is 12.1. The molecule has 0 aliphatic heterocycles. The molecular weight excluding hydrogens is 204 g/mol. The average molecular weight is 230 g/mol. The van der Waals surface area contributed by atoms with E-state index >= 15 is 0 Å². The van der Waals surface area contributed by atoms with Gasteiger partial charge in [-0.25, -0.2) is 0 Å². The van der Waals surface area contributed by atoms with Crippen LogP contribution >= 0.6 is 0 Å². The Hall–Kier alpha value is -0.610. The Morgan fingerprint density at radius 1 is 1.31 bits per heavy atom. The molecule has 0 atom stereocenters. The number of carboxylic acids is 1. The summed E-state index contributed by atoms with van der Waals surface area (Å²) in [5.41, 5.74) is -0.671. The summed E-state index contributed by atoms with van der Waals surface area (Å²) in [7, 11) is 0. The van der Waals surface area contributed by atoms with Gasteiger partial charge in [0.1, 0.15) is 0 Å². The number of rotatable bonds is 9. The van der Waals surface area contributed by atoms with Gasteiger partial charge in [-0.3, -0.25) is 4.79 Å². The summed E-state index contributed by atoms with van der Waals surface area (Å²) in [6.45, 7) is 12.4. The van der Waals surface area contributed by atoms with Gasteiger partial charge in [-0.15, -0.1) is 0 Å². The van der Waals surface area contributed by atoms with Crippen molar-refractivity contribution in [2.75, 3.05) is 32.7 Å². The predicted molar refractivity (Wildman–Crippen MR) is 66.7 cm³/mol. The molecule has 0 rings (SSSR count). The Morgan fingerprint density at radius 3 is 2.31 bits per heavy atom. The fourth-order valence-electron chi connectivity index (χ4n) is 1.44. The van der Waals surface area contributed by atoms with Crippen LogP contribution in [0.25, 0.3) is 0 Å². The van der Waals surface area contributed by atoms with Gasteiger partial charge in [-0.2, -0.15) is 0 Å². The Morgan fingerprint density at radius 2 is 1.88 bits per heavy atom. The Kier molecular flexibility index (Phi) is 7.34. The maximum atomic E-state index is 10.8. The van der Waals surface area contributed by atoms with Crippen LogP contribution in [-0.2, 0) is 4.79 Å². The van der Waals surface area contributed by atoms with Gasteiger partial charge in [0.15, 0.2) is 0 Å². The molecule has 0 aromatic carbocycles. The van der Waals surface area contributed by atoms with E-state index < -0.39 is 11.4 Å². The lowest BCUT2D eigenvalue weighted by Gasteiger charge is -2.21. The van der Waals surface area contributed by atoms with Crippen molar-refractivity contribution in [3.05, 3.63) is 0 Å². The smallest absolute Gasteiger partial charge is 0.310 e. The first-order valence-corrected chi connectivity index (χ1v) is 6.10. The normalized spacial score (nSPS) is 12.1. The van der Waals surface area contributed by atoms with Gasteiger partial charge in [0.2, 0.25) is 0 Å². The van der Waals surface area contributed by atoms with E-state index in [-0.39, 0.29) is 0 Å². The van der Waals surface area contributed by atoms with Crippen LogP contribution in [-0.4, -0.2) is 48.7 Å². The van der Waals surface area contributed by atoms with E-state index in [1.807, 2.05) is 0 Å². The lowest BCUT2D eigenvalue weighted by atomic mass is 9.94. The minimum atomic E-state index is -0.747. The third-order valence-electron chi connectivity index (χ3n) is 2.87. The van der Waals surface area contributed by atoms with Crippen LogP contribution in [0.4, 0.5) is 0 Å². The zero-order valence-electron chi connectivity index (χ0n) is 11.0. The first-order valence-electron chi connectivity index (χ1n) is 6.10. The number of carboxylic acid groups (broad SMARTS) is 1. The van der Waals surface area contributed by atoms with Crippen molar-refractivity contribution in [3.63, 3.8) is 0 Å². The highest BCUT2D eigenvalue weighted by Crippen LogP contribution is 2.12. The third-order valence-corrected chi connectivity index (χ3v) is 2.87. The zero-order chi connectivity index (χ0) is 12.6. The Bertz CT molecular complexity index is 201. The molecule has 96 valence electrons. The standard InChI is InChI=1S/C12H26N2O2/c1-5-14(6-2)9-7-8-13-10-12(3,4)11(15)16/h13H,5-10H2,1-4H3,(H,15,16). The fourth-order valence-corrected chi connectivity index (χ4v) is 1.44. The lowest BCUT2D eigenvalue weighted by Crippen LogP contribution is -2.37. The molecule has 0 saturated carbocycles. The van der Waals surface area contributed by atoms with Crippen LogP contribution in [0.5, 0.6) is 0 Å². The van der Waals surface area contributed by atoms with Crippen LogP contribution in [0.2, 0.25) is 0 Å². The number of hydrogen-bond donors (Lipinski definition) is 2. The molecule has 0 spiro atoms. The van der Waals surface area contributed by atoms with Crippen LogP contribution in [0.3, 0.4) is 0 Å². The SMILES string of the molecule is CCN(CC)CCCNCC(C)(C)C(=O)O. The summed E-state index contributed by atoms with van der Waals surface area (Å²) in [4.78, 5) is 13.2. The number of nitrogens with one attached hydrogen (secondary N) is 1. The van der Waals surface area contributed by atoms with Crippen molar-refractivity contribution >= 4 is 5.97 Å².